The van der Waals surface area contributed by atoms with Crippen molar-refractivity contribution < 1.29 is 29.3 Å². The van der Waals surface area contributed by atoms with Gasteiger partial charge in [0.1, 0.15) is 45.1 Å². The molecule has 0 amide bonds. The van der Waals surface area contributed by atoms with Crippen LogP contribution in [0.4, 0.5) is 0 Å². The number of phenolic OH excluding ortho intramolecular Hbond substituents is 3. The molecule has 0 saturated heterocycles. The van der Waals surface area contributed by atoms with Crippen LogP contribution in [-0.2, 0) is 0 Å². The fraction of sp³-hybridized carbons (Fsp3) is 0.167. The topological polar surface area (TPSA) is 117 Å². The summed E-state index contributed by atoms with van der Waals surface area (Å²) in [5.41, 5.74) is -1.40. The molecule has 0 unspecified atom stereocenters. The largest absolute Gasteiger partial charge is 0.508 e. The molecule has 1 aliphatic heterocycles. The van der Waals surface area contributed by atoms with E-state index < -0.39 is 16.8 Å². The van der Waals surface area contributed by atoms with Crippen LogP contribution in [0.5, 0.6) is 23.0 Å². The molecular formula is C24H20O7. The number of Topliss-reactive ketones (excluding diaryl/α,β-unsaturated/α-hetero) is 1. The van der Waals surface area contributed by atoms with Gasteiger partial charge in [0.15, 0.2) is 11.5 Å². The molecule has 0 bridgehead atoms. The zero-order valence-electron chi connectivity index (χ0n) is 17.1. The Hall–Kier alpha value is -4.00. The average Bonchev–Trinajstić information content (AvgIpc) is 2.66. The fourth-order valence-corrected chi connectivity index (χ4v) is 3.49. The Kier molecular flexibility index (Phi) is 4.43. The van der Waals surface area contributed by atoms with Gasteiger partial charge in [-0.2, -0.15) is 0 Å². The Morgan fingerprint density at radius 3 is 2.48 bits per heavy atom. The van der Waals surface area contributed by atoms with Gasteiger partial charge in [-0.25, -0.2) is 0 Å². The zero-order chi connectivity index (χ0) is 22.7. The summed E-state index contributed by atoms with van der Waals surface area (Å²) in [7, 11) is 0. The first-order chi connectivity index (χ1) is 14.5. The molecule has 0 fully saturated rings. The van der Waals surface area contributed by atoms with E-state index in [1.807, 2.05) is 13.8 Å². The molecule has 0 saturated carbocycles. The van der Waals surface area contributed by atoms with E-state index in [0.29, 0.717) is 11.3 Å². The van der Waals surface area contributed by atoms with Crippen LogP contribution in [0, 0.1) is 0 Å². The number of rotatable bonds is 3. The molecule has 0 atom stereocenters. The summed E-state index contributed by atoms with van der Waals surface area (Å²) in [6.45, 7) is 8.71. The van der Waals surface area contributed by atoms with Crippen molar-refractivity contribution in [1.29, 1.82) is 0 Å². The van der Waals surface area contributed by atoms with E-state index in [0.717, 1.165) is 6.07 Å². The van der Waals surface area contributed by atoms with Crippen LogP contribution >= 0.6 is 0 Å². The average molecular weight is 420 g/mol. The number of fused-ring (bicyclic) bond motifs is 2. The van der Waals surface area contributed by atoms with Gasteiger partial charge in [0.2, 0.25) is 5.43 Å². The zero-order valence-corrected chi connectivity index (χ0v) is 17.1. The van der Waals surface area contributed by atoms with Crippen molar-refractivity contribution in [2.75, 3.05) is 0 Å². The number of hydrogen-bond acceptors (Lipinski definition) is 7. The summed E-state index contributed by atoms with van der Waals surface area (Å²) in [6, 6.07) is 5.14. The van der Waals surface area contributed by atoms with Crippen LogP contribution in [0.15, 0.2) is 51.7 Å². The molecule has 1 aromatic heterocycles. The van der Waals surface area contributed by atoms with Crippen LogP contribution in [0.25, 0.3) is 28.4 Å². The second kappa shape index (κ2) is 6.77. The molecule has 2 aromatic carbocycles. The minimum Gasteiger partial charge on any atom is -0.508 e. The summed E-state index contributed by atoms with van der Waals surface area (Å²) in [4.78, 5) is 26.3. The number of ketones is 1. The third-order valence-corrected chi connectivity index (χ3v) is 5.02. The summed E-state index contributed by atoms with van der Waals surface area (Å²) in [6.07, 6.45) is 3.39. The summed E-state index contributed by atoms with van der Waals surface area (Å²) in [5.74, 6) is -1.55. The van der Waals surface area contributed by atoms with E-state index in [-0.39, 0.29) is 50.7 Å². The van der Waals surface area contributed by atoms with Crippen LogP contribution < -0.4 is 10.2 Å². The van der Waals surface area contributed by atoms with Crippen LogP contribution in [0.2, 0.25) is 0 Å². The minimum absolute atomic E-state index is 0.0203. The number of aromatic hydroxyl groups is 3. The Morgan fingerprint density at radius 1 is 1.13 bits per heavy atom. The van der Waals surface area contributed by atoms with Gasteiger partial charge in [0.25, 0.3) is 0 Å². The number of benzene rings is 2. The highest BCUT2D eigenvalue weighted by Crippen LogP contribution is 2.43. The van der Waals surface area contributed by atoms with Crippen molar-refractivity contribution in [3.8, 4) is 34.3 Å². The Bertz CT molecular complexity index is 1370. The summed E-state index contributed by atoms with van der Waals surface area (Å²) >= 11 is 0. The smallest absolute Gasteiger partial charge is 0.208 e. The molecule has 4 rings (SSSR count). The fourth-order valence-electron chi connectivity index (χ4n) is 3.49. The lowest BCUT2D eigenvalue weighted by Crippen LogP contribution is -2.27. The van der Waals surface area contributed by atoms with Crippen LogP contribution in [0.1, 0.15) is 36.7 Å². The molecule has 31 heavy (non-hydrogen) atoms. The molecule has 2 heterocycles. The molecule has 3 aromatic rings. The Labute approximate surface area is 177 Å². The maximum Gasteiger partial charge on any atom is 0.208 e. The van der Waals surface area contributed by atoms with Gasteiger partial charge in [-0.05, 0) is 50.6 Å². The summed E-state index contributed by atoms with van der Waals surface area (Å²) in [5, 5.41) is 30.6. The predicted octanol–water partition coefficient (Wildman–Crippen LogP) is 4.52. The normalized spacial score (nSPS) is 14.2. The lowest BCUT2D eigenvalue weighted by molar-refractivity contribution is 0.103. The maximum atomic E-state index is 13.4. The highest BCUT2D eigenvalue weighted by atomic mass is 16.5. The van der Waals surface area contributed by atoms with E-state index in [9.17, 15) is 24.9 Å². The number of carbonyl (C=O) groups is 1. The number of ether oxygens (including phenoxy) is 1. The minimum atomic E-state index is -0.768. The number of carbonyl (C=O) groups excluding carboxylic acids is 1. The van der Waals surface area contributed by atoms with Gasteiger partial charge < -0.3 is 24.5 Å². The van der Waals surface area contributed by atoms with Crippen molar-refractivity contribution in [2.24, 2.45) is 0 Å². The first-order valence-corrected chi connectivity index (χ1v) is 9.48. The number of allylic oxidation sites excluding steroid dienone is 1. The first kappa shape index (κ1) is 20.3. The molecule has 3 N–H and O–H groups in total. The molecule has 1 aliphatic rings. The van der Waals surface area contributed by atoms with Gasteiger partial charge in [-0.1, -0.05) is 6.58 Å². The molecule has 0 spiro atoms. The van der Waals surface area contributed by atoms with Crippen molar-refractivity contribution >= 4 is 22.8 Å². The van der Waals surface area contributed by atoms with Gasteiger partial charge in [-0.3, -0.25) is 9.59 Å². The lowest BCUT2D eigenvalue weighted by atomic mass is 9.95. The quantitative estimate of drug-likeness (QED) is 0.421. The molecule has 158 valence electrons. The second-order valence-corrected chi connectivity index (χ2v) is 8.00. The van der Waals surface area contributed by atoms with Crippen molar-refractivity contribution in [1.82, 2.24) is 0 Å². The highest BCUT2D eigenvalue weighted by molar-refractivity contribution is 6.13. The second-order valence-electron chi connectivity index (χ2n) is 8.00. The Morgan fingerprint density at radius 2 is 1.84 bits per heavy atom. The van der Waals surface area contributed by atoms with Crippen molar-refractivity contribution in [3.05, 3.63) is 63.8 Å². The van der Waals surface area contributed by atoms with Gasteiger partial charge in [-0.15, -0.1) is 0 Å². The molecule has 0 radical (unpaired) electrons. The predicted molar refractivity (Wildman–Crippen MR) is 116 cm³/mol. The summed E-state index contributed by atoms with van der Waals surface area (Å²) < 4.78 is 11.8. The number of phenols is 3. The van der Waals surface area contributed by atoms with E-state index in [4.69, 9.17) is 9.15 Å². The van der Waals surface area contributed by atoms with E-state index in [1.54, 1.807) is 12.2 Å². The third kappa shape index (κ3) is 3.24. The molecule has 0 aliphatic carbocycles. The Balaban J connectivity index is 2.14. The van der Waals surface area contributed by atoms with Crippen LogP contribution in [0.3, 0.4) is 0 Å². The van der Waals surface area contributed by atoms with E-state index >= 15 is 0 Å². The third-order valence-electron chi connectivity index (χ3n) is 5.02. The lowest BCUT2D eigenvalue weighted by Gasteiger charge is -2.28. The number of hydrogen-bond donors (Lipinski definition) is 3. The van der Waals surface area contributed by atoms with Gasteiger partial charge in [0.05, 0.1) is 11.1 Å². The van der Waals surface area contributed by atoms with Crippen LogP contribution in [-0.4, -0.2) is 26.7 Å². The molecule has 7 heteroatoms. The highest BCUT2D eigenvalue weighted by Gasteiger charge is 2.30. The van der Waals surface area contributed by atoms with Gasteiger partial charge >= 0.3 is 0 Å². The molecule has 7 nitrogen and oxygen atoms in total. The monoisotopic (exact) mass is 420 g/mol. The first-order valence-electron chi connectivity index (χ1n) is 9.48. The van der Waals surface area contributed by atoms with Crippen molar-refractivity contribution in [3.63, 3.8) is 0 Å². The maximum absolute atomic E-state index is 13.4. The molecular weight excluding hydrogens is 400 g/mol. The van der Waals surface area contributed by atoms with Gasteiger partial charge in [0, 0.05) is 12.1 Å². The van der Waals surface area contributed by atoms with E-state index in [2.05, 4.69) is 6.58 Å². The standard InChI is InChI=1S/C24H20O7/c1-11(2)20(27)19-22(29)18-17(30-23(19)13-6-5-12(25)9-15(13)26)10-16-14(21(18)28)7-8-24(3,4)31-16/h5-10,25-26,28H,1H2,2-4H3. The van der Waals surface area contributed by atoms with Crippen molar-refractivity contribution in [2.45, 2.75) is 26.4 Å². The van der Waals surface area contributed by atoms with E-state index in [1.165, 1.54) is 25.1 Å². The SMILES string of the molecule is C=C(C)C(=O)c1c(-c2ccc(O)cc2O)oc2cc3c(c(O)c2c1=O)C=CC(C)(C)O3.